The number of halogens is 2. The molecule has 0 aromatic heterocycles. The van der Waals surface area contributed by atoms with Crippen LogP contribution in [0.4, 0.5) is 0 Å². The Bertz CT molecular complexity index is 516. The van der Waals surface area contributed by atoms with Crippen LogP contribution in [-0.2, 0) is 0 Å². The fraction of sp³-hybridized carbons (Fsp3) is 0.143. The fourth-order valence-corrected chi connectivity index (χ4v) is 4.98. The van der Waals surface area contributed by atoms with E-state index in [9.17, 15) is 0 Å². The summed E-state index contributed by atoms with van der Waals surface area (Å²) >= 11 is 7.14. The molecular weight excluding hydrogens is 392 g/mol. The van der Waals surface area contributed by atoms with Gasteiger partial charge < -0.3 is 0 Å². The van der Waals surface area contributed by atoms with E-state index < -0.39 is 0 Å². The molecule has 0 amide bonds. The van der Waals surface area contributed by atoms with Crippen molar-refractivity contribution in [3.05, 3.63) is 56.5 Å². The van der Waals surface area contributed by atoms with Gasteiger partial charge in [0, 0.05) is 18.7 Å². The molecule has 0 aliphatic carbocycles. The Balaban J connectivity index is 2.17. The molecule has 0 aliphatic heterocycles. The Labute approximate surface area is 133 Å². The van der Waals surface area contributed by atoms with Crippen LogP contribution in [0.2, 0.25) is 0 Å². The van der Waals surface area contributed by atoms with Crippen LogP contribution in [0.25, 0.3) is 0 Å². The van der Waals surface area contributed by atoms with Gasteiger partial charge in [0.2, 0.25) is 0 Å². The molecule has 94 valence electrons. The molecule has 0 atom stereocenters. The molecule has 4 heteroatoms. The van der Waals surface area contributed by atoms with E-state index in [1.165, 1.54) is 29.9 Å². The standard InChI is InChI=1S/C14H12Br2S2/c1-9-11(15)5-3-7-13(9)17-18-14-8-4-6-12(16)10(14)2/h3-8H,1-2H3. The Hall–Kier alpha value is 0.1000. The molecule has 0 saturated heterocycles. The third-order valence-corrected chi connectivity index (χ3v) is 7.03. The van der Waals surface area contributed by atoms with E-state index in [0.717, 1.165) is 0 Å². The summed E-state index contributed by atoms with van der Waals surface area (Å²) in [5, 5.41) is 0. The zero-order chi connectivity index (χ0) is 13.1. The zero-order valence-electron chi connectivity index (χ0n) is 10.0. The van der Waals surface area contributed by atoms with Gasteiger partial charge in [-0.25, -0.2) is 0 Å². The van der Waals surface area contributed by atoms with Gasteiger partial charge in [0.25, 0.3) is 0 Å². The second-order valence-corrected chi connectivity index (χ2v) is 7.81. The quantitative estimate of drug-likeness (QED) is 0.527. The maximum Gasteiger partial charge on any atom is 0.0226 e. The lowest BCUT2D eigenvalue weighted by atomic mass is 10.2. The monoisotopic (exact) mass is 402 g/mol. The molecule has 0 saturated carbocycles. The first-order chi connectivity index (χ1) is 8.59. The van der Waals surface area contributed by atoms with Crippen LogP contribution in [-0.4, -0.2) is 0 Å². The van der Waals surface area contributed by atoms with Crippen LogP contribution in [0.5, 0.6) is 0 Å². The van der Waals surface area contributed by atoms with Crippen LogP contribution >= 0.6 is 53.4 Å². The molecular formula is C14H12Br2S2. The summed E-state index contributed by atoms with van der Waals surface area (Å²) < 4.78 is 2.33. The van der Waals surface area contributed by atoms with Crippen molar-refractivity contribution in [3.8, 4) is 0 Å². The highest BCUT2D eigenvalue weighted by Crippen LogP contribution is 2.42. The summed E-state index contributed by atoms with van der Waals surface area (Å²) in [4.78, 5) is 2.60. The molecule has 0 aliphatic rings. The molecule has 2 rings (SSSR count). The first-order valence-corrected chi connectivity index (χ1v) is 9.18. The Morgan fingerprint density at radius 1 is 0.722 bits per heavy atom. The molecule has 0 radical (unpaired) electrons. The van der Waals surface area contributed by atoms with Crippen molar-refractivity contribution in [3.63, 3.8) is 0 Å². The van der Waals surface area contributed by atoms with Crippen molar-refractivity contribution in [1.29, 1.82) is 0 Å². The molecule has 0 N–H and O–H groups in total. The van der Waals surface area contributed by atoms with Gasteiger partial charge >= 0.3 is 0 Å². The molecule has 18 heavy (non-hydrogen) atoms. The highest BCUT2D eigenvalue weighted by atomic mass is 79.9. The number of hydrogen-bond acceptors (Lipinski definition) is 2. The predicted octanol–water partition coefficient (Wildman–Crippen LogP) is 6.63. The topological polar surface area (TPSA) is 0 Å². The SMILES string of the molecule is Cc1c(Br)cccc1SSc1cccc(Br)c1C. The van der Waals surface area contributed by atoms with Crippen LogP contribution < -0.4 is 0 Å². The third-order valence-electron chi connectivity index (χ3n) is 2.66. The van der Waals surface area contributed by atoms with E-state index in [2.05, 4.69) is 82.1 Å². The molecule has 2 aromatic rings. The molecule has 0 bridgehead atoms. The van der Waals surface area contributed by atoms with E-state index in [1.54, 1.807) is 21.6 Å². The maximum atomic E-state index is 3.57. The summed E-state index contributed by atoms with van der Waals surface area (Å²) in [6, 6.07) is 12.6. The fourth-order valence-electron chi connectivity index (χ4n) is 1.45. The molecule has 0 nitrogen and oxygen atoms in total. The first kappa shape index (κ1) is 14.5. The van der Waals surface area contributed by atoms with E-state index >= 15 is 0 Å². The van der Waals surface area contributed by atoms with Crippen LogP contribution in [0.1, 0.15) is 11.1 Å². The van der Waals surface area contributed by atoms with Gasteiger partial charge in [-0.15, -0.1) is 0 Å². The van der Waals surface area contributed by atoms with Gasteiger partial charge in [-0.2, -0.15) is 0 Å². The van der Waals surface area contributed by atoms with Crippen LogP contribution in [0.15, 0.2) is 55.1 Å². The summed E-state index contributed by atoms with van der Waals surface area (Å²) in [5.74, 6) is 0. The smallest absolute Gasteiger partial charge is 0.0226 e. The van der Waals surface area contributed by atoms with Gasteiger partial charge in [0.1, 0.15) is 0 Å². The minimum Gasteiger partial charge on any atom is -0.0600 e. The van der Waals surface area contributed by atoms with E-state index in [-0.39, 0.29) is 0 Å². The van der Waals surface area contributed by atoms with Crippen molar-refractivity contribution in [2.24, 2.45) is 0 Å². The molecule has 0 heterocycles. The lowest BCUT2D eigenvalue weighted by Crippen LogP contribution is -1.81. The van der Waals surface area contributed by atoms with E-state index in [4.69, 9.17) is 0 Å². The average Bonchev–Trinajstić information content (AvgIpc) is 2.36. The van der Waals surface area contributed by atoms with Gasteiger partial charge in [0.15, 0.2) is 0 Å². The second-order valence-electron chi connectivity index (χ2n) is 3.89. The van der Waals surface area contributed by atoms with Crippen molar-refractivity contribution in [2.75, 3.05) is 0 Å². The number of hydrogen-bond donors (Lipinski definition) is 0. The van der Waals surface area contributed by atoms with Crippen molar-refractivity contribution in [1.82, 2.24) is 0 Å². The molecule has 2 aromatic carbocycles. The zero-order valence-corrected chi connectivity index (χ0v) is 14.8. The summed E-state index contributed by atoms with van der Waals surface area (Å²) in [7, 11) is 3.61. The third kappa shape index (κ3) is 3.35. The van der Waals surface area contributed by atoms with Crippen molar-refractivity contribution >= 4 is 53.4 Å². The van der Waals surface area contributed by atoms with Crippen LogP contribution in [0.3, 0.4) is 0 Å². The Morgan fingerprint density at radius 3 is 1.50 bits per heavy atom. The lowest BCUT2D eigenvalue weighted by Gasteiger charge is -2.09. The van der Waals surface area contributed by atoms with Crippen molar-refractivity contribution < 1.29 is 0 Å². The first-order valence-electron chi connectivity index (χ1n) is 5.44. The normalized spacial score (nSPS) is 10.7. The second kappa shape index (κ2) is 6.51. The maximum absolute atomic E-state index is 3.57. The van der Waals surface area contributed by atoms with Gasteiger partial charge in [-0.3, -0.25) is 0 Å². The minimum atomic E-state index is 1.17. The average molecular weight is 404 g/mol. The van der Waals surface area contributed by atoms with E-state index in [1.807, 2.05) is 0 Å². The van der Waals surface area contributed by atoms with Gasteiger partial charge in [0.05, 0.1) is 0 Å². The highest BCUT2D eigenvalue weighted by Gasteiger charge is 2.06. The summed E-state index contributed by atoms with van der Waals surface area (Å²) in [6.07, 6.45) is 0. The lowest BCUT2D eigenvalue weighted by molar-refractivity contribution is 1.28. The largest absolute Gasteiger partial charge is 0.0600 e. The highest BCUT2D eigenvalue weighted by molar-refractivity contribution is 9.10. The molecule has 0 unspecified atom stereocenters. The Kier molecular flexibility index (Phi) is 5.24. The molecule has 0 spiro atoms. The predicted molar refractivity (Wildman–Crippen MR) is 89.5 cm³/mol. The Morgan fingerprint density at radius 2 is 1.11 bits per heavy atom. The molecule has 0 fully saturated rings. The summed E-state index contributed by atoms with van der Waals surface area (Å²) in [5.41, 5.74) is 2.59. The minimum absolute atomic E-state index is 1.17. The van der Waals surface area contributed by atoms with Gasteiger partial charge in [-0.1, -0.05) is 65.6 Å². The number of rotatable bonds is 3. The van der Waals surface area contributed by atoms with E-state index in [0.29, 0.717) is 0 Å². The van der Waals surface area contributed by atoms with Crippen molar-refractivity contribution in [2.45, 2.75) is 23.6 Å². The summed E-state index contributed by atoms with van der Waals surface area (Å²) in [6.45, 7) is 4.28. The number of benzene rings is 2. The van der Waals surface area contributed by atoms with Crippen LogP contribution in [0, 0.1) is 13.8 Å². The van der Waals surface area contributed by atoms with Gasteiger partial charge in [-0.05, 0) is 49.2 Å².